The van der Waals surface area contributed by atoms with E-state index in [0.29, 0.717) is 11.5 Å². The average Bonchev–Trinajstić information content (AvgIpc) is 2.67. The molecular formula is C24H25F5. The molecule has 1 aliphatic rings. The Morgan fingerprint density at radius 3 is 2.14 bits per heavy atom. The quantitative estimate of drug-likeness (QED) is 0.436. The van der Waals surface area contributed by atoms with Gasteiger partial charge in [-0.3, -0.25) is 0 Å². The van der Waals surface area contributed by atoms with E-state index in [0.717, 1.165) is 23.6 Å². The van der Waals surface area contributed by atoms with Crippen molar-refractivity contribution in [2.75, 3.05) is 0 Å². The van der Waals surface area contributed by atoms with Gasteiger partial charge in [0, 0.05) is 5.56 Å². The molecule has 0 heterocycles. The summed E-state index contributed by atoms with van der Waals surface area (Å²) in [6.45, 7) is 2.22. The van der Waals surface area contributed by atoms with Gasteiger partial charge in [-0.15, -0.1) is 0 Å². The van der Waals surface area contributed by atoms with Crippen molar-refractivity contribution in [3.05, 3.63) is 65.5 Å². The number of halogens is 5. The zero-order valence-electron chi connectivity index (χ0n) is 16.4. The van der Waals surface area contributed by atoms with Gasteiger partial charge in [-0.2, -0.15) is 13.2 Å². The molecule has 0 spiro atoms. The Balaban J connectivity index is 1.72. The summed E-state index contributed by atoms with van der Waals surface area (Å²) in [6.07, 6.45) is 2.03. The fourth-order valence-corrected chi connectivity index (χ4v) is 4.25. The summed E-state index contributed by atoms with van der Waals surface area (Å²) in [5, 5.41) is 0. The average molecular weight is 408 g/mol. The first-order chi connectivity index (χ1) is 13.8. The minimum absolute atomic E-state index is 0.504. The van der Waals surface area contributed by atoms with Gasteiger partial charge >= 0.3 is 6.18 Å². The molecule has 1 fully saturated rings. The Morgan fingerprint density at radius 1 is 0.966 bits per heavy atom. The Kier molecular flexibility index (Phi) is 6.76. The van der Waals surface area contributed by atoms with Crippen LogP contribution in [0, 0.1) is 11.7 Å². The van der Waals surface area contributed by atoms with Crippen molar-refractivity contribution in [1.29, 1.82) is 0 Å². The van der Waals surface area contributed by atoms with Crippen LogP contribution < -0.4 is 0 Å². The van der Waals surface area contributed by atoms with E-state index in [4.69, 9.17) is 0 Å². The lowest BCUT2D eigenvalue weighted by Gasteiger charge is -2.28. The maximum atomic E-state index is 14.2. The minimum Gasteiger partial charge on any atom is -0.206 e. The molecule has 0 saturated heterocycles. The highest BCUT2D eigenvalue weighted by Gasteiger charge is 2.26. The highest BCUT2D eigenvalue weighted by Crippen LogP contribution is 2.38. The molecule has 156 valence electrons. The zero-order valence-corrected chi connectivity index (χ0v) is 16.4. The van der Waals surface area contributed by atoms with E-state index in [1.807, 2.05) is 24.3 Å². The molecule has 0 bridgehead atoms. The van der Waals surface area contributed by atoms with Gasteiger partial charge in [0.2, 0.25) is 0 Å². The number of hydrogen-bond acceptors (Lipinski definition) is 0. The summed E-state index contributed by atoms with van der Waals surface area (Å²) in [4.78, 5) is 0. The Labute approximate surface area is 168 Å². The van der Waals surface area contributed by atoms with Crippen molar-refractivity contribution in [2.45, 2.75) is 57.5 Å². The van der Waals surface area contributed by atoms with Gasteiger partial charge in [0.15, 0.2) is 0 Å². The SMILES string of the molecule is CCCC1CCC(c2ccc(-c3ccc(C(F)=CC(F)(F)F)c(F)c3)cc2)CC1. The minimum atomic E-state index is -4.83. The van der Waals surface area contributed by atoms with Crippen LogP contribution in [0.1, 0.15) is 62.5 Å². The molecule has 0 aromatic heterocycles. The third kappa shape index (κ3) is 5.68. The molecule has 29 heavy (non-hydrogen) atoms. The molecule has 0 N–H and O–H groups in total. The summed E-state index contributed by atoms with van der Waals surface area (Å²) in [5.41, 5.74) is 1.83. The fourth-order valence-electron chi connectivity index (χ4n) is 4.25. The predicted octanol–water partition coefficient (Wildman–Crippen LogP) is 8.44. The van der Waals surface area contributed by atoms with Crippen LogP contribution in [0.25, 0.3) is 17.0 Å². The van der Waals surface area contributed by atoms with Gasteiger partial charge in [0.25, 0.3) is 0 Å². The Hall–Kier alpha value is -2.17. The van der Waals surface area contributed by atoms with Gasteiger partial charge in [0.1, 0.15) is 11.6 Å². The van der Waals surface area contributed by atoms with Crippen LogP contribution in [-0.2, 0) is 0 Å². The third-order valence-electron chi connectivity index (χ3n) is 5.78. The first kappa shape index (κ1) is 21.5. The van der Waals surface area contributed by atoms with E-state index in [1.54, 1.807) is 0 Å². The third-order valence-corrected chi connectivity index (χ3v) is 5.78. The van der Waals surface area contributed by atoms with Crippen LogP contribution in [0.15, 0.2) is 48.5 Å². The van der Waals surface area contributed by atoms with Gasteiger partial charge in [-0.25, -0.2) is 8.78 Å². The molecule has 1 saturated carbocycles. The van der Waals surface area contributed by atoms with Gasteiger partial charge < -0.3 is 0 Å². The summed E-state index contributed by atoms with van der Waals surface area (Å²) >= 11 is 0. The van der Waals surface area contributed by atoms with Gasteiger partial charge in [0.05, 0.1) is 6.08 Å². The highest BCUT2D eigenvalue weighted by atomic mass is 19.4. The van der Waals surface area contributed by atoms with Crippen molar-refractivity contribution >= 4 is 5.83 Å². The normalized spacial score (nSPS) is 20.7. The van der Waals surface area contributed by atoms with Gasteiger partial charge in [-0.05, 0) is 66.3 Å². The van der Waals surface area contributed by atoms with Crippen molar-refractivity contribution in [3.63, 3.8) is 0 Å². The summed E-state index contributed by atoms with van der Waals surface area (Å²) < 4.78 is 64.7. The molecule has 0 unspecified atom stereocenters. The van der Waals surface area contributed by atoms with E-state index in [1.165, 1.54) is 50.2 Å². The molecule has 2 aromatic rings. The van der Waals surface area contributed by atoms with Crippen LogP contribution in [0.5, 0.6) is 0 Å². The fraction of sp³-hybridized carbons (Fsp3) is 0.417. The second kappa shape index (κ2) is 9.10. The van der Waals surface area contributed by atoms with Crippen LogP contribution in [0.2, 0.25) is 0 Å². The number of alkyl halides is 3. The van der Waals surface area contributed by atoms with Crippen molar-refractivity contribution in [3.8, 4) is 11.1 Å². The predicted molar refractivity (Wildman–Crippen MR) is 107 cm³/mol. The molecule has 0 atom stereocenters. The number of rotatable bonds is 5. The second-order valence-corrected chi connectivity index (χ2v) is 7.86. The van der Waals surface area contributed by atoms with Crippen molar-refractivity contribution in [2.24, 2.45) is 5.92 Å². The molecular weight excluding hydrogens is 383 g/mol. The highest BCUT2D eigenvalue weighted by molar-refractivity contribution is 5.68. The lowest BCUT2D eigenvalue weighted by molar-refractivity contribution is -0.0798. The van der Waals surface area contributed by atoms with E-state index >= 15 is 0 Å². The zero-order chi connectivity index (χ0) is 21.0. The molecule has 0 aliphatic heterocycles. The summed E-state index contributed by atoms with van der Waals surface area (Å²) in [6, 6.07) is 11.4. The molecule has 1 aliphatic carbocycles. The first-order valence-corrected chi connectivity index (χ1v) is 10.1. The smallest absolute Gasteiger partial charge is 0.206 e. The van der Waals surface area contributed by atoms with E-state index in [-0.39, 0.29) is 0 Å². The topological polar surface area (TPSA) is 0 Å². The Morgan fingerprint density at radius 2 is 1.59 bits per heavy atom. The van der Waals surface area contributed by atoms with E-state index in [2.05, 4.69) is 6.92 Å². The monoisotopic (exact) mass is 408 g/mol. The second-order valence-electron chi connectivity index (χ2n) is 7.86. The number of hydrogen-bond donors (Lipinski definition) is 0. The molecule has 0 nitrogen and oxygen atoms in total. The number of allylic oxidation sites excluding steroid dienone is 1. The lowest BCUT2D eigenvalue weighted by Crippen LogP contribution is -2.13. The molecule has 0 radical (unpaired) electrons. The largest absolute Gasteiger partial charge is 0.412 e. The van der Waals surface area contributed by atoms with Crippen LogP contribution >= 0.6 is 0 Å². The first-order valence-electron chi connectivity index (χ1n) is 10.1. The maximum Gasteiger partial charge on any atom is 0.412 e. The Bertz CT molecular complexity index is 841. The van der Waals surface area contributed by atoms with Crippen molar-refractivity contribution in [1.82, 2.24) is 0 Å². The van der Waals surface area contributed by atoms with E-state index < -0.39 is 29.5 Å². The lowest BCUT2D eigenvalue weighted by atomic mass is 9.77. The maximum absolute atomic E-state index is 14.2. The van der Waals surface area contributed by atoms with E-state index in [9.17, 15) is 22.0 Å². The molecule has 0 amide bonds. The summed E-state index contributed by atoms with van der Waals surface area (Å²) in [5.74, 6) is -1.27. The van der Waals surface area contributed by atoms with Crippen LogP contribution in [0.3, 0.4) is 0 Å². The summed E-state index contributed by atoms with van der Waals surface area (Å²) in [7, 11) is 0. The standard InChI is InChI=1S/C24H25F5/c1-2-3-16-4-6-17(7-5-16)18-8-10-19(11-9-18)20-12-13-21(22(25)14-20)23(26)15-24(27,28)29/h8-17H,2-7H2,1H3. The van der Waals surface area contributed by atoms with Crippen LogP contribution in [0.4, 0.5) is 22.0 Å². The molecule has 3 rings (SSSR count). The molecule has 2 aromatic carbocycles. The number of benzene rings is 2. The van der Waals surface area contributed by atoms with Gasteiger partial charge in [-0.1, -0.05) is 50.1 Å². The van der Waals surface area contributed by atoms with Crippen molar-refractivity contribution < 1.29 is 22.0 Å². The molecule has 5 heteroatoms. The van der Waals surface area contributed by atoms with Crippen LogP contribution in [-0.4, -0.2) is 6.18 Å².